The van der Waals surface area contributed by atoms with Crippen molar-refractivity contribution in [3.8, 4) is 0 Å². The van der Waals surface area contributed by atoms with E-state index in [9.17, 15) is 4.79 Å². The van der Waals surface area contributed by atoms with Gasteiger partial charge in [0.2, 0.25) is 5.91 Å². The standard InChI is InChI=1S/C18H28N4O3/c1-24-15-16-14-22(12-13-25-16)18(23)5-7-20-8-10-21(11-9-20)17-4-2-3-6-19-17/h2-4,6,16H,5,7-15H2,1H3. The van der Waals surface area contributed by atoms with E-state index in [0.717, 1.165) is 38.5 Å². The third-order valence-electron chi connectivity index (χ3n) is 4.83. The first kappa shape index (κ1) is 18.1. The highest BCUT2D eigenvalue weighted by atomic mass is 16.5. The molecule has 0 spiro atoms. The summed E-state index contributed by atoms with van der Waals surface area (Å²) in [5.74, 6) is 1.26. The van der Waals surface area contributed by atoms with Gasteiger partial charge in [-0.3, -0.25) is 9.69 Å². The molecule has 0 bridgehead atoms. The summed E-state index contributed by atoms with van der Waals surface area (Å²) >= 11 is 0. The fraction of sp³-hybridized carbons (Fsp3) is 0.667. The Kier molecular flexibility index (Phi) is 6.61. The second-order valence-corrected chi connectivity index (χ2v) is 6.55. The summed E-state index contributed by atoms with van der Waals surface area (Å²) in [4.78, 5) is 23.4. The molecule has 0 N–H and O–H groups in total. The second kappa shape index (κ2) is 9.12. The number of nitrogens with zero attached hydrogens (tertiary/aromatic N) is 4. The van der Waals surface area contributed by atoms with Crippen molar-refractivity contribution in [1.82, 2.24) is 14.8 Å². The molecule has 2 aliphatic rings. The number of carbonyl (C=O) groups excluding carboxylic acids is 1. The van der Waals surface area contributed by atoms with Crippen LogP contribution in [0, 0.1) is 0 Å². The molecule has 1 amide bonds. The van der Waals surface area contributed by atoms with Crippen molar-refractivity contribution in [3.63, 3.8) is 0 Å². The lowest BCUT2D eigenvalue weighted by Gasteiger charge is -2.36. The third kappa shape index (κ3) is 5.14. The maximum atomic E-state index is 12.5. The number of carbonyl (C=O) groups is 1. The Bertz CT molecular complexity index is 532. The Labute approximate surface area is 149 Å². The maximum absolute atomic E-state index is 12.5. The molecular formula is C18H28N4O3. The number of rotatable bonds is 6. The van der Waals surface area contributed by atoms with Gasteiger partial charge in [0, 0.05) is 65.5 Å². The molecule has 1 aromatic heterocycles. The van der Waals surface area contributed by atoms with Crippen molar-refractivity contribution in [1.29, 1.82) is 0 Å². The molecule has 1 unspecified atom stereocenters. The minimum absolute atomic E-state index is 0.00428. The second-order valence-electron chi connectivity index (χ2n) is 6.55. The van der Waals surface area contributed by atoms with Crippen LogP contribution in [0.4, 0.5) is 5.82 Å². The predicted octanol–water partition coefficient (Wildman–Crippen LogP) is 0.468. The van der Waals surface area contributed by atoms with Gasteiger partial charge in [0.1, 0.15) is 5.82 Å². The molecule has 2 aliphatic heterocycles. The van der Waals surface area contributed by atoms with Crippen LogP contribution in [-0.4, -0.2) is 92.9 Å². The van der Waals surface area contributed by atoms with Crippen LogP contribution in [0.15, 0.2) is 24.4 Å². The number of morpholine rings is 1. The monoisotopic (exact) mass is 348 g/mol. The highest BCUT2D eigenvalue weighted by molar-refractivity contribution is 5.76. The molecule has 1 aromatic rings. The number of hydrogen-bond donors (Lipinski definition) is 0. The molecule has 3 rings (SSSR count). The molecule has 2 fully saturated rings. The number of pyridine rings is 1. The summed E-state index contributed by atoms with van der Waals surface area (Å²) in [6.45, 7) is 7.14. The number of methoxy groups -OCH3 is 1. The smallest absolute Gasteiger partial charge is 0.224 e. The van der Waals surface area contributed by atoms with Gasteiger partial charge in [-0.1, -0.05) is 6.07 Å². The Hall–Kier alpha value is -1.70. The average Bonchev–Trinajstić information content (AvgIpc) is 2.68. The lowest BCUT2D eigenvalue weighted by atomic mass is 10.2. The first-order chi connectivity index (χ1) is 12.3. The summed E-state index contributed by atoms with van der Waals surface area (Å²) < 4.78 is 10.7. The molecule has 25 heavy (non-hydrogen) atoms. The molecule has 138 valence electrons. The molecule has 1 atom stereocenters. The van der Waals surface area contributed by atoms with Gasteiger partial charge in [-0.2, -0.15) is 0 Å². The van der Waals surface area contributed by atoms with Crippen LogP contribution in [-0.2, 0) is 14.3 Å². The van der Waals surface area contributed by atoms with E-state index in [1.54, 1.807) is 7.11 Å². The zero-order chi connectivity index (χ0) is 17.5. The molecule has 7 heteroatoms. The largest absolute Gasteiger partial charge is 0.382 e. The number of anilines is 1. The van der Waals surface area contributed by atoms with E-state index in [4.69, 9.17) is 9.47 Å². The molecule has 0 radical (unpaired) electrons. The fourth-order valence-corrected chi connectivity index (χ4v) is 3.39. The molecule has 0 aliphatic carbocycles. The third-order valence-corrected chi connectivity index (χ3v) is 4.83. The van der Waals surface area contributed by atoms with Gasteiger partial charge in [-0.25, -0.2) is 4.98 Å². The van der Waals surface area contributed by atoms with Crippen molar-refractivity contribution in [2.45, 2.75) is 12.5 Å². The number of ether oxygens (including phenoxy) is 2. The number of piperazine rings is 1. The Morgan fingerprint density at radius 1 is 1.28 bits per heavy atom. The normalized spacial score (nSPS) is 22.2. The molecule has 3 heterocycles. The topological polar surface area (TPSA) is 58.1 Å². The molecule has 0 saturated carbocycles. The Morgan fingerprint density at radius 2 is 2.12 bits per heavy atom. The Balaban J connectivity index is 1.38. The summed E-state index contributed by atoms with van der Waals surface area (Å²) in [5.41, 5.74) is 0. The van der Waals surface area contributed by atoms with Crippen LogP contribution in [0.2, 0.25) is 0 Å². The van der Waals surface area contributed by atoms with Gasteiger partial charge in [0.15, 0.2) is 0 Å². The van der Waals surface area contributed by atoms with E-state index in [-0.39, 0.29) is 12.0 Å². The van der Waals surface area contributed by atoms with Gasteiger partial charge >= 0.3 is 0 Å². The lowest BCUT2D eigenvalue weighted by Crippen LogP contribution is -2.49. The van der Waals surface area contributed by atoms with Gasteiger partial charge in [-0.05, 0) is 12.1 Å². The highest BCUT2D eigenvalue weighted by Crippen LogP contribution is 2.13. The van der Waals surface area contributed by atoms with Crippen LogP contribution < -0.4 is 4.90 Å². The molecule has 7 nitrogen and oxygen atoms in total. The first-order valence-electron chi connectivity index (χ1n) is 9.03. The zero-order valence-electron chi connectivity index (χ0n) is 15.0. The number of aromatic nitrogens is 1. The maximum Gasteiger partial charge on any atom is 0.224 e. The number of hydrogen-bond acceptors (Lipinski definition) is 6. The molecule has 0 aromatic carbocycles. The minimum Gasteiger partial charge on any atom is -0.382 e. The first-order valence-corrected chi connectivity index (χ1v) is 9.03. The fourth-order valence-electron chi connectivity index (χ4n) is 3.39. The van der Waals surface area contributed by atoms with E-state index in [0.29, 0.717) is 32.7 Å². The van der Waals surface area contributed by atoms with E-state index < -0.39 is 0 Å². The van der Waals surface area contributed by atoms with Crippen LogP contribution in [0.1, 0.15) is 6.42 Å². The van der Waals surface area contributed by atoms with Crippen molar-refractivity contribution < 1.29 is 14.3 Å². The van der Waals surface area contributed by atoms with E-state index in [2.05, 4.69) is 14.8 Å². The van der Waals surface area contributed by atoms with Gasteiger partial charge in [0.25, 0.3) is 0 Å². The molecule has 2 saturated heterocycles. The van der Waals surface area contributed by atoms with Gasteiger partial charge in [-0.15, -0.1) is 0 Å². The van der Waals surface area contributed by atoms with Crippen molar-refractivity contribution in [2.75, 3.05) is 71.0 Å². The highest BCUT2D eigenvalue weighted by Gasteiger charge is 2.25. The van der Waals surface area contributed by atoms with Crippen molar-refractivity contribution in [3.05, 3.63) is 24.4 Å². The number of amides is 1. The van der Waals surface area contributed by atoms with Crippen LogP contribution in [0.3, 0.4) is 0 Å². The van der Waals surface area contributed by atoms with E-state index in [1.807, 2.05) is 29.3 Å². The average molecular weight is 348 g/mol. The summed E-state index contributed by atoms with van der Waals surface area (Å²) in [5, 5.41) is 0. The van der Waals surface area contributed by atoms with Crippen LogP contribution in [0.5, 0.6) is 0 Å². The summed E-state index contributed by atoms with van der Waals surface area (Å²) in [6.07, 6.45) is 2.41. The van der Waals surface area contributed by atoms with Gasteiger partial charge in [0.05, 0.1) is 19.3 Å². The van der Waals surface area contributed by atoms with E-state index in [1.165, 1.54) is 0 Å². The minimum atomic E-state index is 0.00428. The Morgan fingerprint density at radius 3 is 2.84 bits per heavy atom. The SMILES string of the molecule is COCC1CN(C(=O)CCN2CCN(c3ccccn3)CC2)CCO1. The van der Waals surface area contributed by atoms with Crippen molar-refractivity contribution in [2.24, 2.45) is 0 Å². The predicted molar refractivity (Wildman–Crippen MR) is 95.7 cm³/mol. The lowest BCUT2D eigenvalue weighted by molar-refractivity contribution is -0.141. The summed E-state index contributed by atoms with van der Waals surface area (Å²) in [7, 11) is 1.66. The van der Waals surface area contributed by atoms with Gasteiger partial charge < -0.3 is 19.3 Å². The van der Waals surface area contributed by atoms with E-state index >= 15 is 0 Å². The van der Waals surface area contributed by atoms with Crippen LogP contribution in [0.25, 0.3) is 0 Å². The summed E-state index contributed by atoms with van der Waals surface area (Å²) in [6, 6.07) is 6.01. The molecular weight excluding hydrogens is 320 g/mol. The quantitative estimate of drug-likeness (QED) is 0.745. The zero-order valence-corrected chi connectivity index (χ0v) is 15.0. The van der Waals surface area contributed by atoms with Crippen molar-refractivity contribution >= 4 is 11.7 Å². The van der Waals surface area contributed by atoms with Crippen LogP contribution >= 0.6 is 0 Å².